The Bertz CT molecular complexity index is 828. The van der Waals surface area contributed by atoms with Gasteiger partial charge < -0.3 is 15.4 Å². The second-order valence-corrected chi connectivity index (χ2v) is 7.42. The van der Waals surface area contributed by atoms with Gasteiger partial charge in [-0.15, -0.1) is 0 Å². The van der Waals surface area contributed by atoms with E-state index in [2.05, 4.69) is 10.6 Å². The van der Waals surface area contributed by atoms with Gasteiger partial charge >= 0.3 is 0 Å². The van der Waals surface area contributed by atoms with Crippen molar-refractivity contribution in [3.8, 4) is 11.5 Å². The Hall–Kier alpha value is -2.82. The predicted octanol–water partition coefficient (Wildman–Crippen LogP) is 4.10. The van der Waals surface area contributed by atoms with Crippen LogP contribution in [0.1, 0.15) is 43.7 Å². The lowest BCUT2D eigenvalue weighted by Crippen LogP contribution is -2.49. The van der Waals surface area contributed by atoms with Crippen molar-refractivity contribution in [1.29, 1.82) is 0 Å². The van der Waals surface area contributed by atoms with E-state index in [0.717, 1.165) is 42.6 Å². The molecule has 1 aliphatic carbocycles. The van der Waals surface area contributed by atoms with Crippen LogP contribution in [0.2, 0.25) is 0 Å². The van der Waals surface area contributed by atoms with Gasteiger partial charge in [0.1, 0.15) is 17.5 Å². The molecule has 3 rings (SSSR count). The minimum atomic E-state index is -0.468. The fraction of sp³-hybridized carbons (Fsp3) is 0.391. The summed E-state index contributed by atoms with van der Waals surface area (Å²) in [6, 6.07) is 15.0. The molecule has 28 heavy (non-hydrogen) atoms. The molecule has 2 aromatic carbocycles. The smallest absolute Gasteiger partial charge is 0.243 e. The number of carbonyl (C=O) groups is 2. The van der Waals surface area contributed by atoms with Crippen LogP contribution in [0.15, 0.2) is 48.5 Å². The Morgan fingerprint density at radius 3 is 2.36 bits per heavy atom. The number of hydrogen-bond acceptors (Lipinski definition) is 3. The Balaban J connectivity index is 1.68. The molecule has 1 fully saturated rings. The van der Waals surface area contributed by atoms with E-state index in [1.165, 1.54) is 6.92 Å². The summed E-state index contributed by atoms with van der Waals surface area (Å²) in [5.74, 6) is 1.42. The van der Waals surface area contributed by atoms with E-state index in [9.17, 15) is 9.59 Å². The summed E-state index contributed by atoms with van der Waals surface area (Å²) >= 11 is 0. The zero-order valence-electron chi connectivity index (χ0n) is 16.5. The van der Waals surface area contributed by atoms with Crippen molar-refractivity contribution >= 4 is 11.8 Å². The van der Waals surface area contributed by atoms with Gasteiger partial charge in [0.25, 0.3) is 0 Å². The number of nitrogens with one attached hydrogen (secondary N) is 2. The number of amides is 2. The number of carbonyl (C=O) groups excluding carboxylic acids is 2. The van der Waals surface area contributed by atoms with Gasteiger partial charge in [0.15, 0.2) is 0 Å². The average molecular weight is 380 g/mol. The summed E-state index contributed by atoms with van der Waals surface area (Å²) < 4.78 is 6.08. The fourth-order valence-electron chi connectivity index (χ4n) is 3.74. The van der Waals surface area contributed by atoms with Crippen molar-refractivity contribution in [3.63, 3.8) is 0 Å². The van der Waals surface area contributed by atoms with E-state index >= 15 is 0 Å². The fourth-order valence-corrected chi connectivity index (χ4v) is 3.74. The van der Waals surface area contributed by atoms with E-state index in [1.807, 2.05) is 55.5 Å². The van der Waals surface area contributed by atoms with Crippen molar-refractivity contribution < 1.29 is 14.3 Å². The Morgan fingerprint density at radius 2 is 1.68 bits per heavy atom. The molecule has 1 atom stereocenters. The SMILES string of the molecule is CC(=O)NC(C(=O)NCc1ccccc1Oc1ccccc1C)C1CCCC1. The molecular weight excluding hydrogens is 352 g/mol. The molecule has 0 heterocycles. The number of ether oxygens (including phenoxy) is 1. The van der Waals surface area contributed by atoms with Crippen molar-refractivity contribution in [3.05, 3.63) is 59.7 Å². The monoisotopic (exact) mass is 380 g/mol. The summed E-state index contributed by atoms with van der Waals surface area (Å²) in [5, 5.41) is 5.83. The molecule has 0 aromatic heterocycles. The first-order chi connectivity index (χ1) is 13.5. The van der Waals surface area contributed by atoms with Crippen LogP contribution >= 0.6 is 0 Å². The van der Waals surface area contributed by atoms with Gasteiger partial charge in [-0.1, -0.05) is 49.2 Å². The summed E-state index contributed by atoms with van der Waals surface area (Å²) in [5.41, 5.74) is 1.94. The van der Waals surface area contributed by atoms with Crippen molar-refractivity contribution in [2.75, 3.05) is 0 Å². The quantitative estimate of drug-likeness (QED) is 0.760. The van der Waals surface area contributed by atoms with E-state index in [1.54, 1.807) is 0 Å². The molecule has 1 saturated carbocycles. The molecule has 2 amide bonds. The van der Waals surface area contributed by atoms with Crippen LogP contribution in [-0.4, -0.2) is 17.9 Å². The van der Waals surface area contributed by atoms with E-state index < -0.39 is 6.04 Å². The highest BCUT2D eigenvalue weighted by Crippen LogP contribution is 2.29. The maximum absolute atomic E-state index is 12.8. The number of para-hydroxylation sites is 2. The van der Waals surface area contributed by atoms with E-state index in [4.69, 9.17) is 4.74 Å². The molecule has 2 N–H and O–H groups in total. The predicted molar refractivity (Wildman–Crippen MR) is 109 cm³/mol. The number of rotatable bonds is 7. The highest BCUT2D eigenvalue weighted by molar-refractivity contribution is 5.87. The van der Waals surface area contributed by atoms with Crippen molar-refractivity contribution in [1.82, 2.24) is 10.6 Å². The largest absolute Gasteiger partial charge is 0.457 e. The van der Waals surface area contributed by atoms with Gasteiger partial charge in [-0.3, -0.25) is 9.59 Å². The third-order valence-electron chi connectivity index (χ3n) is 5.25. The molecule has 1 unspecified atom stereocenters. The standard InChI is InChI=1S/C23H28N2O3/c1-16-9-3-7-13-20(16)28-21-14-8-6-12-19(21)15-24-23(27)22(25-17(2)26)18-10-4-5-11-18/h3,6-9,12-14,18,22H,4-5,10-11,15H2,1-2H3,(H,24,27)(H,25,26). The summed E-state index contributed by atoms with van der Waals surface area (Å²) in [7, 11) is 0. The molecule has 2 aromatic rings. The number of hydrogen-bond donors (Lipinski definition) is 2. The number of aryl methyl sites for hydroxylation is 1. The lowest BCUT2D eigenvalue weighted by atomic mass is 9.97. The molecule has 5 nitrogen and oxygen atoms in total. The third-order valence-corrected chi connectivity index (χ3v) is 5.25. The highest BCUT2D eigenvalue weighted by atomic mass is 16.5. The molecule has 0 saturated heterocycles. The molecule has 0 radical (unpaired) electrons. The molecule has 0 spiro atoms. The summed E-state index contributed by atoms with van der Waals surface area (Å²) in [4.78, 5) is 24.4. The first kappa shape index (κ1) is 19.9. The molecule has 0 aliphatic heterocycles. The van der Waals surface area contributed by atoms with Crippen LogP contribution in [0.25, 0.3) is 0 Å². The third kappa shape index (κ3) is 5.12. The Kier molecular flexibility index (Phi) is 6.69. The van der Waals surface area contributed by atoms with E-state index in [-0.39, 0.29) is 17.7 Å². The second kappa shape index (κ2) is 9.40. The average Bonchev–Trinajstić information content (AvgIpc) is 3.21. The molecule has 0 bridgehead atoms. The summed E-state index contributed by atoms with van der Waals surface area (Å²) in [6.45, 7) is 3.81. The number of benzene rings is 2. The lowest BCUT2D eigenvalue weighted by molar-refractivity contribution is -0.129. The van der Waals surface area contributed by atoms with Crippen molar-refractivity contribution in [2.24, 2.45) is 5.92 Å². The first-order valence-electron chi connectivity index (χ1n) is 9.91. The topological polar surface area (TPSA) is 67.4 Å². The molecule has 5 heteroatoms. The normalized spacial score (nSPS) is 15.1. The molecule has 148 valence electrons. The maximum atomic E-state index is 12.8. The van der Waals surface area contributed by atoms with Crippen LogP contribution < -0.4 is 15.4 Å². The first-order valence-corrected chi connectivity index (χ1v) is 9.91. The van der Waals surface area contributed by atoms with Crippen LogP contribution in [0.3, 0.4) is 0 Å². The zero-order chi connectivity index (χ0) is 19.9. The van der Waals surface area contributed by atoms with Crippen molar-refractivity contribution in [2.45, 2.75) is 52.1 Å². The van der Waals surface area contributed by atoms with Gasteiger partial charge in [-0.05, 0) is 43.4 Å². The highest BCUT2D eigenvalue weighted by Gasteiger charge is 2.31. The Labute approximate surface area is 166 Å². The lowest BCUT2D eigenvalue weighted by Gasteiger charge is -2.23. The van der Waals surface area contributed by atoms with Gasteiger partial charge in [-0.25, -0.2) is 0 Å². The van der Waals surface area contributed by atoms with Gasteiger partial charge in [0.2, 0.25) is 11.8 Å². The minimum absolute atomic E-state index is 0.132. The minimum Gasteiger partial charge on any atom is -0.457 e. The maximum Gasteiger partial charge on any atom is 0.243 e. The van der Waals surface area contributed by atoms with Gasteiger partial charge in [0, 0.05) is 19.0 Å². The van der Waals surface area contributed by atoms with Crippen LogP contribution in [0, 0.1) is 12.8 Å². The van der Waals surface area contributed by atoms with Crippen LogP contribution in [0.4, 0.5) is 0 Å². The van der Waals surface area contributed by atoms with E-state index in [0.29, 0.717) is 12.3 Å². The van der Waals surface area contributed by atoms with Gasteiger partial charge in [0.05, 0.1) is 0 Å². The van der Waals surface area contributed by atoms with Gasteiger partial charge in [-0.2, -0.15) is 0 Å². The second-order valence-electron chi connectivity index (χ2n) is 7.42. The summed E-state index contributed by atoms with van der Waals surface area (Å²) in [6.07, 6.45) is 4.18. The molecule has 1 aliphatic rings. The van der Waals surface area contributed by atoms with Crippen LogP contribution in [-0.2, 0) is 16.1 Å². The Morgan fingerprint density at radius 1 is 1.04 bits per heavy atom. The molecular formula is C23H28N2O3. The zero-order valence-corrected chi connectivity index (χ0v) is 16.5. The van der Waals surface area contributed by atoms with Crippen LogP contribution in [0.5, 0.6) is 11.5 Å².